The first kappa shape index (κ1) is 11.9. The number of hydrogen-bond acceptors (Lipinski definition) is 4. The lowest BCUT2D eigenvalue weighted by Gasteiger charge is -2.09. The molecule has 0 aliphatic carbocycles. The molecule has 0 unspecified atom stereocenters. The molecule has 1 aliphatic rings. The highest BCUT2D eigenvalue weighted by Gasteiger charge is 2.14. The van der Waals surface area contributed by atoms with Crippen LogP contribution in [0.4, 0.5) is 11.4 Å². The van der Waals surface area contributed by atoms with Crippen molar-refractivity contribution in [2.75, 3.05) is 12.1 Å². The maximum atomic E-state index is 9.17. The van der Waals surface area contributed by atoms with E-state index >= 15 is 0 Å². The number of nitriles is 1. The van der Waals surface area contributed by atoms with Crippen LogP contribution >= 0.6 is 15.9 Å². The minimum absolute atomic E-state index is 0.249. The van der Waals surface area contributed by atoms with Crippen LogP contribution in [0.2, 0.25) is 0 Å². The predicted molar refractivity (Wildman–Crippen MR) is 74.7 cm³/mol. The van der Waals surface area contributed by atoms with Gasteiger partial charge in [0.2, 0.25) is 6.79 Å². The summed E-state index contributed by atoms with van der Waals surface area (Å²) in [5, 5.41) is 12.4. The number of anilines is 2. The van der Waals surface area contributed by atoms with Crippen molar-refractivity contribution >= 4 is 27.3 Å². The molecule has 0 saturated carbocycles. The molecule has 0 aromatic heterocycles. The van der Waals surface area contributed by atoms with Crippen molar-refractivity contribution in [1.82, 2.24) is 0 Å². The van der Waals surface area contributed by atoms with Crippen molar-refractivity contribution < 1.29 is 9.47 Å². The average molecular weight is 317 g/mol. The molecule has 0 spiro atoms. The lowest BCUT2D eigenvalue weighted by Crippen LogP contribution is -1.94. The fourth-order valence-corrected chi connectivity index (χ4v) is 2.33. The summed E-state index contributed by atoms with van der Waals surface area (Å²) in [5.74, 6) is 1.44. The Bertz CT molecular complexity index is 680. The van der Waals surface area contributed by atoms with Crippen molar-refractivity contribution in [2.45, 2.75) is 0 Å². The standard InChI is InChI=1S/C14H9BrN2O2/c15-11-2-1-3-12(10(11)7-16)17-9-4-5-13-14(6-9)19-8-18-13/h1-6,17H,8H2. The molecule has 1 N–H and O–H groups in total. The lowest BCUT2D eigenvalue weighted by atomic mass is 10.2. The summed E-state index contributed by atoms with van der Waals surface area (Å²) in [6.45, 7) is 0.249. The van der Waals surface area contributed by atoms with E-state index in [1.807, 2.05) is 36.4 Å². The summed E-state index contributed by atoms with van der Waals surface area (Å²) in [5.41, 5.74) is 2.16. The Morgan fingerprint density at radius 3 is 2.84 bits per heavy atom. The highest BCUT2D eigenvalue weighted by atomic mass is 79.9. The number of rotatable bonds is 2. The van der Waals surface area contributed by atoms with Gasteiger partial charge in [-0.25, -0.2) is 0 Å². The summed E-state index contributed by atoms with van der Waals surface area (Å²) in [6, 6.07) is 13.3. The van der Waals surface area contributed by atoms with E-state index in [0.29, 0.717) is 11.3 Å². The largest absolute Gasteiger partial charge is 0.454 e. The molecule has 5 heteroatoms. The van der Waals surface area contributed by atoms with E-state index in [9.17, 15) is 0 Å². The van der Waals surface area contributed by atoms with E-state index in [1.165, 1.54) is 0 Å². The maximum Gasteiger partial charge on any atom is 0.231 e. The number of hydrogen-bond donors (Lipinski definition) is 1. The SMILES string of the molecule is N#Cc1c(Br)cccc1Nc1ccc2c(c1)OCO2. The van der Waals surface area contributed by atoms with Crippen LogP contribution in [0.15, 0.2) is 40.9 Å². The number of benzene rings is 2. The highest BCUT2D eigenvalue weighted by molar-refractivity contribution is 9.10. The molecule has 19 heavy (non-hydrogen) atoms. The second-order valence-electron chi connectivity index (χ2n) is 3.97. The monoisotopic (exact) mass is 316 g/mol. The number of ether oxygens (including phenoxy) is 2. The molecule has 0 fully saturated rings. The van der Waals surface area contributed by atoms with E-state index < -0.39 is 0 Å². The zero-order valence-electron chi connectivity index (χ0n) is 9.81. The molecule has 2 aromatic carbocycles. The summed E-state index contributed by atoms with van der Waals surface area (Å²) in [6.07, 6.45) is 0. The van der Waals surface area contributed by atoms with Gasteiger partial charge in [-0.2, -0.15) is 5.26 Å². The van der Waals surface area contributed by atoms with Gasteiger partial charge in [-0.1, -0.05) is 6.07 Å². The minimum Gasteiger partial charge on any atom is -0.454 e. The Kier molecular flexibility index (Phi) is 3.02. The summed E-state index contributed by atoms with van der Waals surface area (Å²) < 4.78 is 11.3. The van der Waals surface area contributed by atoms with Gasteiger partial charge in [-0.05, 0) is 40.2 Å². The second-order valence-corrected chi connectivity index (χ2v) is 4.82. The van der Waals surface area contributed by atoms with Gasteiger partial charge < -0.3 is 14.8 Å². The summed E-state index contributed by atoms with van der Waals surface area (Å²) in [7, 11) is 0. The van der Waals surface area contributed by atoms with E-state index in [0.717, 1.165) is 21.6 Å². The minimum atomic E-state index is 0.249. The Morgan fingerprint density at radius 1 is 1.16 bits per heavy atom. The Morgan fingerprint density at radius 2 is 2.00 bits per heavy atom. The predicted octanol–water partition coefficient (Wildman–Crippen LogP) is 3.79. The molecule has 0 radical (unpaired) electrons. The normalized spacial score (nSPS) is 12.0. The van der Waals surface area contributed by atoms with E-state index in [1.54, 1.807) is 0 Å². The number of halogens is 1. The Balaban J connectivity index is 1.94. The lowest BCUT2D eigenvalue weighted by molar-refractivity contribution is 0.174. The quantitative estimate of drug-likeness (QED) is 0.915. The first-order valence-corrected chi connectivity index (χ1v) is 6.42. The van der Waals surface area contributed by atoms with E-state index in [2.05, 4.69) is 27.3 Å². The zero-order valence-corrected chi connectivity index (χ0v) is 11.4. The van der Waals surface area contributed by atoms with Crippen LogP contribution in [0.3, 0.4) is 0 Å². The first-order chi connectivity index (χ1) is 9.28. The van der Waals surface area contributed by atoms with Crippen LogP contribution in [0.1, 0.15) is 5.56 Å². The number of nitrogens with one attached hydrogen (secondary N) is 1. The van der Waals surface area contributed by atoms with Crippen LogP contribution < -0.4 is 14.8 Å². The fraction of sp³-hybridized carbons (Fsp3) is 0.0714. The number of fused-ring (bicyclic) bond motifs is 1. The van der Waals surface area contributed by atoms with Gasteiger partial charge in [-0.3, -0.25) is 0 Å². The molecule has 94 valence electrons. The Labute approximate surface area is 118 Å². The molecule has 0 saturated heterocycles. The molecule has 0 atom stereocenters. The van der Waals surface area contributed by atoms with Crippen molar-refractivity contribution in [3.05, 3.63) is 46.4 Å². The van der Waals surface area contributed by atoms with Crippen molar-refractivity contribution in [3.63, 3.8) is 0 Å². The Hall–Kier alpha value is -2.19. The molecule has 3 rings (SSSR count). The van der Waals surface area contributed by atoms with Crippen molar-refractivity contribution in [1.29, 1.82) is 5.26 Å². The van der Waals surface area contributed by atoms with Gasteiger partial charge in [0.05, 0.1) is 11.3 Å². The topological polar surface area (TPSA) is 54.3 Å². The van der Waals surface area contributed by atoms with Gasteiger partial charge >= 0.3 is 0 Å². The van der Waals surface area contributed by atoms with Crippen LogP contribution in [0.5, 0.6) is 11.5 Å². The molecule has 0 bridgehead atoms. The third kappa shape index (κ3) is 2.23. The highest BCUT2D eigenvalue weighted by Crippen LogP contribution is 2.36. The zero-order chi connectivity index (χ0) is 13.2. The molecule has 0 amide bonds. The van der Waals surface area contributed by atoms with Gasteiger partial charge in [0.1, 0.15) is 6.07 Å². The first-order valence-electron chi connectivity index (χ1n) is 5.63. The van der Waals surface area contributed by atoms with Gasteiger partial charge in [0.25, 0.3) is 0 Å². The van der Waals surface area contributed by atoms with Gasteiger partial charge in [-0.15, -0.1) is 0 Å². The third-order valence-corrected chi connectivity index (χ3v) is 3.44. The van der Waals surface area contributed by atoms with Crippen molar-refractivity contribution in [2.24, 2.45) is 0 Å². The number of nitrogens with zero attached hydrogens (tertiary/aromatic N) is 1. The van der Waals surface area contributed by atoms with E-state index in [-0.39, 0.29) is 6.79 Å². The van der Waals surface area contributed by atoms with Crippen molar-refractivity contribution in [3.8, 4) is 17.6 Å². The fourth-order valence-electron chi connectivity index (χ4n) is 1.87. The maximum absolute atomic E-state index is 9.17. The van der Waals surface area contributed by atoms with E-state index in [4.69, 9.17) is 14.7 Å². The molecular weight excluding hydrogens is 308 g/mol. The molecule has 1 aliphatic heterocycles. The molecule has 2 aromatic rings. The smallest absolute Gasteiger partial charge is 0.231 e. The molecule has 4 nitrogen and oxygen atoms in total. The van der Waals surface area contributed by atoms with Gasteiger partial charge in [0.15, 0.2) is 11.5 Å². The van der Waals surface area contributed by atoms with Crippen LogP contribution in [0, 0.1) is 11.3 Å². The molecule has 1 heterocycles. The van der Waals surface area contributed by atoms with Crippen LogP contribution in [-0.4, -0.2) is 6.79 Å². The average Bonchev–Trinajstić information content (AvgIpc) is 2.86. The van der Waals surface area contributed by atoms with Gasteiger partial charge in [0, 0.05) is 16.2 Å². The summed E-state index contributed by atoms with van der Waals surface area (Å²) in [4.78, 5) is 0. The third-order valence-electron chi connectivity index (χ3n) is 2.78. The second kappa shape index (κ2) is 4.82. The van der Waals surface area contributed by atoms with Crippen LogP contribution in [-0.2, 0) is 0 Å². The molecular formula is C14H9BrN2O2. The van der Waals surface area contributed by atoms with Crippen LogP contribution in [0.25, 0.3) is 0 Å². The summed E-state index contributed by atoms with van der Waals surface area (Å²) >= 11 is 3.36.